The number of piperazine rings is 1. The molecule has 2 fully saturated rings. The maximum Gasteiger partial charge on any atom is 0.270 e. The first-order valence-corrected chi connectivity index (χ1v) is 16.9. The van der Waals surface area contributed by atoms with Crippen molar-refractivity contribution in [3.05, 3.63) is 65.8 Å². The Morgan fingerprint density at radius 3 is 2.44 bits per heavy atom. The molecule has 0 bridgehead atoms. The molecular weight excluding hydrogens is 617 g/mol. The number of nitrogens with one attached hydrogen (secondary N) is 3. The van der Waals surface area contributed by atoms with E-state index in [4.69, 9.17) is 0 Å². The van der Waals surface area contributed by atoms with E-state index >= 15 is 4.39 Å². The number of hydrogen-bond acceptors (Lipinski definition) is 8. The molecule has 1 saturated carbocycles. The summed E-state index contributed by atoms with van der Waals surface area (Å²) in [5.41, 5.74) is 1.35. The minimum Gasteiger partial charge on any atom is -0.373 e. The quantitative estimate of drug-likeness (QED) is 0.216. The first-order chi connectivity index (χ1) is 23.1. The van der Waals surface area contributed by atoms with Gasteiger partial charge in [-0.15, -0.1) is 0 Å². The highest BCUT2D eigenvalue weighted by Gasteiger charge is 2.35. The molecule has 0 radical (unpaired) electrons. The molecule has 1 aliphatic heterocycles. The van der Waals surface area contributed by atoms with Gasteiger partial charge in [0.2, 0.25) is 11.8 Å². The fourth-order valence-corrected chi connectivity index (χ4v) is 6.72. The van der Waals surface area contributed by atoms with Crippen LogP contribution in [0.2, 0.25) is 0 Å². The molecule has 1 saturated heterocycles. The molecule has 2 aliphatic rings. The second-order valence-corrected chi connectivity index (χ2v) is 13.0. The summed E-state index contributed by atoms with van der Waals surface area (Å²) in [7, 11) is 3.75. The van der Waals surface area contributed by atoms with Crippen molar-refractivity contribution >= 4 is 23.4 Å². The fourth-order valence-electron chi connectivity index (χ4n) is 6.72. The van der Waals surface area contributed by atoms with Crippen molar-refractivity contribution in [3.8, 4) is 0 Å². The van der Waals surface area contributed by atoms with Gasteiger partial charge in [-0.3, -0.25) is 24.4 Å². The van der Waals surface area contributed by atoms with Crippen molar-refractivity contribution in [2.45, 2.75) is 76.7 Å². The lowest BCUT2D eigenvalue weighted by Gasteiger charge is -2.37. The molecular formula is C34H48FN9O4. The first kappa shape index (κ1) is 35.2. The summed E-state index contributed by atoms with van der Waals surface area (Å²) in [6, 6.07) is 4.37. The van der Waals surface area contributed by atoms with Crippen LogP contribution in [0.5, 0.6) is 0 Å². The van der Waals surface area contributed by atoms with E-state index in [0.29, 0.717) is 36.6 Å². The summed E-state index contributed by atoms with van der Waals surface area (Å²) >= 11 is 0. The monoisotopic (exact) mass is 665 g/mol. The zero-order valence-electron chi connectivity index (χ0n) is 28.2. The number of imidazole rings is 1. The Kier molecular flexibility index (Phi) is 11.6. The van der Waals surface area contributed by atoms with E-state index in [9.17, 15) is 19.5 Å². The highest BCUT2D eigenvalue weighted by Crippen LogP contribution is 2.30. The molecule has 14 heteroatoms. The molecule has 2 aromatic heterocycles. The predicted molar refractivity (Wildman–Crippen MR) is 178 cm³/mol. The smallest absolute Gasteiger partial charge is 0.270 e. The van der Waals surface area contributed by atoms with Gasteiger partial charge in [0, 0.05) is 51.9 Å². The summed E-state index contributed by atoms with van der Waals surface area (Å²) in [6.07, 6.45) is 7.99. The normalized spacial score (nSPS) is 18.6. The molecule has 0 spiro atoms. The maximum atomic E-state index is 15.8. The topological polar surface area (TPSA) is 150 Å². The Morgan fingerprint density at radius 2 is 1.79 bits per heavy atom. The van der Waals surface area contributed by atoms with Gasteiger partial charge in [0.1, 0.15) is 23.8 Å². The third-order valence-electron chi connectivity index (χ3n) is 9.77. The summed E-state index contributed by atoms with van der Waals surface area (Å²) in [5, 5.41) is 23.9. The number of aryl methyl sites for hydroxylation is 2. The Morgan fingerprint density at radius 1 is 1.06 bits per heavy atom. The van der Waals surface area contributed by atoms with Crippen molar-refractivity contribution in [3.63, 3.8) is 0 Å². The van der Waals surface area contributed by atoms with Gasteiger partial charge in [0.15, 0.2) is 0 Å². The van der Waals surface area contributed by atoms with Gasteiger partial charge in [0.05, 0.1) is 29.9 Å². The number of aliphatic hydroxyl groups is 1. The molecule has 48 heavy (non-hydrogen) atoms. The van der Waals surface area contributed by atoms with E-state index in [2.05, 4.69) is 30.9 Å². The largest absolute Gasteiger partial charge is 0.373 e. The Hall–Kier alpha value is -4.14. The van der Waals surface area contributed by atoms with E-state index in [1.54, 1.807) is 45.9 Å². The van der Waals surface area contributed by atoms with Crippen LogP contribution >= 0.6 is 0 Å². The number of anilines is 1. The number of benzene rings is 1. The van der Waals surface area contributed by atoms with Crippen LogP contribution in [0.1, 0.15) is 79.8 Å². The molecule has 5 rings (SSSR count). The molecule has 1 aliphatic carbocycles. The Labute approximate surface area is 280 Å². The summed E-state index contributed by atoms with van der Waals surface area (Å²) < 4.78 is 19.0. The van der Waals surface area contributed by atoms with E-state index in [-0.39, 0.29) is 17.5 Å². The lowest BCUT2D eigenvalue weighted by atomic mass is 9.83. The number of amides is 3. The van der Waals surface area contributed by atoms with Crippen molar-refractivity contribution in [1.29, 1.82) is 0 Å². The van der Waals surface area contributed by atoms with Gasteiger partial charge >= 0.3 is 0 Å². The van der Waals surface area contributed by atoms with Crippen LogP contribution in [0.3, 0.4) is 0 Å². The number of carbonyl (C=O) groups excluding carboxylic acids is 3. The summed E-state index contributed by atoms with van der Waals surface area (Å²) in [5.74, 6) is -2.37. The Bertz CT molecular complexity index is 1560. The lowest BCUT2D eigenvalue weighted by molar-refractivity contribution is -0.136. The van der Waals surface area contributed by atoms with Gasteiger partial charge in [0.25, 0.3) is 5.91 Å². The minimum atomic E-state index is -1.19. The number of hydrogen-bond donors (Lipinski definition) is 4. The lowest BCUT2D eigenvalue weighted by Crippen LogP contribution is -2.55. The molecule has 4 atom stereocenters. The SMILES string of the molecule is CCn1nccc1C(=O)N[C@H](C(=O)Nc1ccc([C@H](C)[C@@H](NC(O)c2cncn2C)C(=O)N2CCN(C)CC2)cc1F)C1CCCCC1. The van der Waals surface area contributed by atoms with E-state index < -0.39 is 41.9 Å². The molecule has 3 heterocycles. The van der Waals surface area contributed by atoms with Gasteiger partial charge in [-0.05, 0) is 56.5 Å². The number of aliphatic hydroxyl groups excluding tert-OH is 1. The Balaban J connectivity index is 1.34. The van der Waals surface area contributed by atoms with E-state index in [1.165, 1.54) is 18.3 Å². The van der Waals surface area contributed by atoms with Crippen LogP contribution in [-0.2, 0) is 23.2 Å². The van der Waals surface area contributed by atoms with Crippen LogP contribution < -0.4 is 16.0 Å². The zero-order chi connectivity index (χ0) is 34.4. The number of likely N-dealkylation sites (N-methyl/N-ethyl adjacent to an activating group) is 1. The van der Waals surface area contributed by atoms with Gasteiger partial charge < -0.3 is 30.1 Å². The van der Waals surface area contributed by atoms with Gasteiger partial charge in [-0.25, -0.2) is 9.37 Å². The minimum absolute atomic E-state index is 0.0190. The van der Waals surface area contributed by atoms with Crippen molar-refractivity contribution < 1.29 is 23.9 Å². The predicted octanol–water partition coefficient (Wildman–Crippen LogP) is 2.62. The molecule has 13 nitrogen and oxygen atoms in total. The third kappa shape index (κ3) is 8.10. The van der Waals surface area contributed by atoms with E-state index in [1.807, 2.05) is 20.9 Å². The first-order valence-electron chi connectivity index (χ1n) is 16.9. The average molecular weight is 666 g/mol. The summed E-state index contributed by atoms with van der Waals surface area (Å²) in [4.78, 5) is 48.7. The zero-order valence-corrected chi connectivity index (χ0v) is 28.2. The van der Waals surface area contributed by atoms with Crippen molar-refractivity contribution in [2.75, 3.05) is 38.5 Å². The summed E-state index contributed by atoms with van der Waals surface area (Å²) in [6.45, 7) is 6.74. The highest BCUT2D eigenvalue weighted by molar-refractivity contribution is 6.00. The molecule has 3 aromatic rings. The van der Waals surface area contributed by atoms with Crippen LogP contribution in [0.25, 0.3) is 0 Å². The number of carbonyl (C=O) groups is 3. The van der Waals surface area contributed by atoms with Crippen molar-refractivity contribution in [1.82, 2.24) is 39.8 Å². The van der Waals surface area contributed by atoms with Crippen LogP contribution in [0.4, 0.5) is 10.1 Å². The highest BCUT2D eigenvalue weighted by atomic mass is 19.1. The number of rotatable bonds is 12. The molecule has 4 N–H and O–H groups in total. The van der Waals surface area contributed by atoms with Crippen molar-refractivity contribution in [2.24, 2.45) is 13.0 Å². The second-order valence-electron chi connectivity index (χ2n) is 13.0. The fraction of sp³-hybridized carbons (Fsp3) is 0.559. The van der Waals surface area contributed by atoms with Crippen LogP contribution in [0, 0.1) is 11.7 Å². The van der Waals surface area contributed by atoms with E-state index in [0.717, 1.165) is 45.2 Å². The van der Waals surface area contributed by atoms with Crippen LogP contribution in [-0.4, -0.2) is 97.3 Å². The maximum absolute atomic E-state index is 15.8. The number of nitrogens with zero attached hydrogens (tertiary/aromatic N) is 6. The number of halogens is 1. The molecule has 1 aromatic carbocycles. The molecule has 260 valence electrons. The third-order valence-corrected chi connectivity index (χ3v) is 9.77. The molecule has 3 amide bonds. The average Bonchev–Trinajstić information content (AvgIpc) is 3.76. The standard InChI is InChI=1S/C34H48FN9O4/c1-5-44-27(13-14-37-44)31(45)40-30(23-9-7-6-8-10-23)33(47)38-26-12-11-24(19-25(26)35)22(2)29(34(48)43-17-15-41(3)16-18-43)39-32(46)28-20-36-21-42(28)4/h11-14,19-23,29-30,32,39,46H,5-10,15-18H2,1-4H3,(H,38,47)(H,40,45)/t22-,29+,30-,32?/m0/s1. The number of aromatic nitrogens is 4. The van der Waals surface area contributed by atoms with Gasteiger partial charge in [-0.1, -0.05) is 32.3 Å². The van der Waals surface area contributed by atoms with Crippen LogP contribution in [0.15, 0.2) is 43.0 Å². The second kappa shape index (κ2) is 15.8. The van der Waals surface area contributed by atoms with Gasteiger partial charge in [-0.2, -0.15) is 5.10 Å². The molecule has 1 unspecified atom stereocenters.